The van der Waals surface area contributed by atoms with E-state index in [4.69, 9.17) is 29.9 Å². The first-order chi connectivity index (χ1) is 21.0. The lowest BCUT2D eigenvalue weighted by Crippen LogP contribution is -2.61. The molecule has 44 heavy (non-hydrogen) atoms. The maximum atomic E-state index is 10.2. The Morgan fingerprint density at radius 3 is 2.34 bits per heavy atom. The van der Waals surface area contributed by atoms with E-state index in [-0.39, 0.29) is 5.56 Å². The quantitative estimate of drug-likeness (QED) is 0.229. The number of piperidine rings is 1. The Morgan fingerprint density at radius 1 is 1.00 bits per heavy atom. The lowest BCUT2D eigenvalue weighted by Gasteiger charge is -2.59. The number of aliphatic hydroxyl groups is 2. The fourth-order valence-electron chi connectivity index (χ4n) is 6.82. The fraction of sp³-hybridized carbons (Fsp3) is 0.438. The molecule has 12 nitrogen and oxygen atoms in total. The summed E-state index contributed by atoms with van der Waals surface area (Å²) in [6.07, 6.45) is 8.82. The standard InChI is InChI=1S/C22H27NO2.C6H5NO2.C4H6O6/c24-17-7-6-16-14-21-19-5-1-2-9-22(19,20(16)15-17)10-12-23(21)11-8-18-4-3-13-25-18;8-6(9)5-2-1-3-7-4-5;5-1(3(7)8)2(6)4(9)10/h3-4,6-7,13,15,19,21,24H,1-2,5,8-12,14H2;1-4H,(H,8,9);1-2,5-6H,(H,7,8)(H,9,10)/t19-,21+,22+;;/m0../s1. The topological polar surface area (TPSA) is 202 Å². The number of phenols is 1. The van der Waals surface area contributed by atoms with Gasteiger partial charge in [-0.25, -0.2) is 14.4 Å². The van der Waals surface area contributed by atoms with Crippen LogP contribution in [0.15, 0.2) is 65.5 Å². The number of hydrogen-bond acceptors (Lipinski definition) is 9. The second kappa shape index (κ2) is 14.5. The summed E-state index contributed by atoms with van der Waals surface area (Å²) in [6, 6.07) is 14.0. The maximum absolute atomic E-state index is 10.2. The summed E-state index contributed by atoms with van der Waals surface area (Å²) in [4.78, 5) is 36.1. The van der Waals surface area contributed by atoms with Crippen LogP contribution in [0.3, 0.4) is 0 Å². The Kier molecular flexibility index (Phi) is 10.7. The first-order valence-corrected chi connectivity index (χ1v) is 14.6. The normalized spacial score (nSPS) is 23.2. The van der Waals surface area contributed by atoms with E-state index in [1.807, 2.05) is 12.1 Å². The smallest absolute Gasteiger partial charge is 0.337 e. The van der Waals surface area contributed by atoms with Crippen molar-refractivity contribution in [3.05, 3.63) is 83.6 Å². The van der Waals surface area contributed by atoms with E-state index in [0.29, 0.717) is 17.2 Å². The minimum atomic E-state index is -2.27. The molecule has 1 aliphatic heterocycles. The Bertz CT molecular complexity index is 1400. The van der Waals surface area contributed by atoms with Crippen molar-refractivity contribution >= 4 is 17.9 Å². The minimum absolute atomic E-state index is 0.220. The first-order valence-electron chi connectivity index (χ1n) is 14.6. The van der Waals surface area contributed by atoms with Crippen LogP contribution in [-0.4, -0.2) is 89.8 Å². The van der Waals surface area contributed by atoms with Gasteiger partial charge in [0.05, 0.1) is 11.8 Å². The molecular formula is C32H38N2O10. The van der Waals surface area contributed by atoms with Gasteiger partial charge in [0.1, 0.15) is 11.5 Å². The number of benzene rings is 1. The Morgan fingerprint density at radius 2 is 1.75 bits per heavy atom. The number of carboxylic acid groups (broad SMARTS) is 3. The molecule has 6 rings (SSSR count). The number of rotatable bonds is 7. The molecule has 3 aromatic rings. The van der Waals surface area contributed by atoms with E-state index in [2.05, 4.69) is 28.1 Å². The number of nitrogens with zero attached hydrogens (tertiary/aromatic N) is 2. The highest BCUT2D eigenvalue weighted by Crippen LogP contribution is 2.56. The number of hydrogen-bond donors (Lipinski definition) is 6. The molecule has 0 radical (unpaired) electrons. The molecule has 5 atom stereocenters. The molecule has 0 spiro atoms. The third kappa shape index (κ3) is 7.44. The number of aromatic nitrogens is 1. The van der Waals surface area contributed by atoms with Gasteiger partial charge in [0.15, 0.2) is 12.2 Å². The summed E-state index contributed by atoms with van der Waals surface area (Å²) in [6.45, 7) is 2.27. The van der Waals surface area contributed by atoms with Crippen molar-refractivity contribution < 1.29 is 49.4 Å². The van der Waals surface area contributed by atoms with Crippen LogP contribution in [0, 0.1) is 5.92 Å². The predicted molar refractivity (Wildman–Crippen MR) is 156 cm³/mol. The Labute approximate surface area is 254 Å². The van der Waals surface area contributed by atoms with Gasteiger partial charge in [-0.1, -0.05) is 18.9 Å². The van der Waals surface area contributed by atoms with Gasteiger partial charge in [-0.05, 0) is 85.7 Å². The number of aliphatic hydroxyl groups excluding tert-OH is 2. The number of carbonyl (C=O) groups is 3. The molecule has 2 aliphatic carbocycles. The second-order valence-corrected chi connectivity index (χ2v) is 11.3. The van der Waals surface area contributed by atoms with Crippen LogP contribution in [0.5, 0.6) is 5.75 Å². The van der Waals surface area contributed by atoms with Gasteiger partial charge >= 0.3 is 17.9 Å². The summed E-state index contributed by atoms with van der Waals surface area (Å²) in [5.74, 6) is -2.19. The summed E-state index contributed by atoms with van der Waals surface area (Å²) in [5, 5.41) is 51.0. The zero-order valence-electron chi connectivity index (χ0n) is 24.2. The summed E-state index contributed by atoms with van der Waals surface area (Å²) in [5.41, 5.74) is 3.48. The van der Waals surface area contributed by atoms with Gasteiger partial charge in [0, 0.05) is 36.8 Å². The second-order valence-electron chi connectivity index (χ2n) is 11.3. The van der Waals surface area contributed by atoms with E-state index in [0.717, 1.165) is 31.1 Å². The van der Waals surface area contributed by atoms with Crippen molar-refractivity contribution in [2.75, 3.05) is 13.1 Å². The molecule has 3 heterocycles. The maximum Gasteiger partial charge on any atom is 0.337 e. The highest BCUT2D eigenvalue weighted by Gasteiger charge is 2.53. The summed E-state index contributed by atoms with van der Waals surface area (Å²) >= 11 is 0. The SMILES string of the molecule is O=C(O)C(O)C(O)C(=O)O.O=C(O)c1cccnc1.Oc1ccc2c(c1)[C@@]13CCCC[C@H]1[C@@H](C2)N(CCc1ccco1)CC3. The van der Waals surface area contributed by atoms with Crippen molar-refractivity contribution in [3.8, 4) is 5.75 Å². The van der Waals surface area contributed by atoms with Crippen molar-refractivity contribution in [1.29, 1.82) is 0 Å². The van der Waals surface area contributed by atoms with E-state index in [1.165, 1.54) is 68.2 Å². The number of fused-ring (bicyclic) bond motifs is 1. The largest absolute Gasteiger partial charge is 0.508 e. The molecule has 2 fully saturated rings. The number of likely N-dealkylation sites (tertiary alicyclic amines) is 1. The number of aliphatic carboxylic acids is 2. The van der Waals surface area contributed by atoms with Crippen LogP contribution in [0.1, 0.15) is 59.3 Å². The van der Waals surface area contributed by atoms with Crippen LogP contribution in [-0.2, 0) is 27.8 Å². The third-order valence-electron chi connectivity index (χ3n) is 8.87. The lowest BCUT2D eigenvalue weighted by atomic mass is 9.52. The highest BCUT2D eigenvalue weighted by molar-refractivity contribution is 5.87. The number of pyridine rings is 1. The van der Waals surface area contributed by atoms with Gasteiger partial charge in [-0.2, -0.15) is 0 Å². The van der Waals surface area contributed by atoms with Crippen molar-refractivity contribution in [3.63, 3.8) is 0 Å². The molecule has 2 unspecified atom stereocenters. The van der Waals surface area contributed by atoms with Gasteiger partial charge in [0.2, 0.25) is 0 Å². The monoisotopic (exact) mass is 610 g/mol. The highest BCUT2D eigenvalue weighted by atomic mass is 16.4. The van der Waals surface area contributed by atoms with Crippen LogP contribution < -0.4 is 0 Å². The third-order valence-corrected chi connectivity index (χ3v) is 8.87. The average molecular weight is 611 g/mol. The zero-order chi connectivity index (χ0) is 31.9. The molecular weight excluding hydrogens is 572 g/mol. The molecule has 2 aromatic heterocycles. The molecule has 1 aromatic carbocycles. The predicted octanol–water partition coefficient (Wildman–Crippen LogP) is 2.94. The Hall–Kier alpha value is -4.26. The number of aromatic carboxylic acids is 1. The van der Waals surface area contributed by atoms with E-state index in [1.54, 1.807) is 12.3 Å². The van der Waals surface area contributed by atoms with Crippen LogP contribution >= 0.6 is 0 Å². The van der Waals surface area contributed by atoms with Gasteiger partial charge in [-0.3, -0.25) is 9.88 Å². The number of furan rings is 1. The van der Waals surface area contributed by atoms with Gasteiger partial charge in [0.25, 0.3) is 0 Å². The summed E-state index contributed by atoms with van der Waals surface area (Å²) in [7, 11) is 0. The molecule has 6 N–H and O–H groups in total. The summed E-state index contributed by atoms with van der Waals surface area (Å²) < 4.78 is 5.55. The number of aromatic hydroxyl groups is 1. The first kappa shape index (κ1) is 32.6. The van der Waals surface area contributed by atoms with E-state index < -0.39 is 30.1 Å². The Balaban J connectivity index is 0.000000193. The van der Waals surface area contributed by atoms with Crippen molar-refractivity contribution in [1.82, 2.24) is 9.88 Å². The molecule has 12 heteroatoms. The van der Waals surface area contributed by atoms with Crippen molar-refractivity contribution in [2.24, 2.45) is 5.92 Å². The average Bonchev–Trinajstić information content (AvgIpc) is 3.55. The number of phenolic OH excluding ortho intramolecular Hbond substituents is 1. The van der Waals surface area contributed by atoms with Gasteiger partial charge < -0.3 is 35.1 Å². The fourth-order valence-corrected chi connectivity index (χ4v) is 6.82. The minimum Gasteiger partial charge on any atom is -0.508 e. The van der Waals surface area contributed by atoms with Gasteiger partial charge in [-0.15, -0.1) is 0 Å². The molecule has 1 saturated carbocycles. The van der Waals surface area contributed by atoms with Crippen LogP contribution in [0.2, 0.25) is 0 Å². The number of carboxylic acids is 3. The zero-order valence-corrected chi connectivity index (χ0v) is 24.2. The molecule has 0 amide bonds. The van der Waals surface area contributed by atoms with E-state index >= 15 is 0 Å². The molecule has 3 aliphatic rings. The molecule has 236 valence electrons. The van der Waals surface area contributed by atoms with Crippen LogP contribution in [0.4, 0.5) is 0 Å². The van der Waals surface area contributed by atoms with Crippen LogP contribution in [0.25, 0.3) is 0 Å². The van der Waals surface area contributed by atoms with E-state index in [9.17, 15) is 19.5 Å². The van der Waals surface area contributed by atoms with Crippen molar-refractivity contribution in [2.45, 2.75) is 68.6 Å². The lowest BCUT2D eigenvalue weighted by molar-refractivity contribution is -0.165. The molecule has 1 saturated heterocycles. The molecule has 2 bridgehead atoms.